The molecule has 0 aromatic carbocycles. The van der Waals surface area contributed by atoms with E-state index in [1.165, 1.54) is 8.93 Å². The zero-order chi connectivity index (χ0) is 13.1. The van der Waals surface area contributed by atoms with Crippen LogP contribution in [-0.2, 0) is 0 Å². The van der Waals surface area contributed by atoms with Crippen molar-refractivity contribution in [1.29, 1.82) is 0 Å². The van der Waals surface area contributed by atoms with E-state index in [0.29, 0.717) is 0 Å². The maximum Gasteiger partial charge on any atom is 0.154 e. The Morgan fingerprint density at radius 2 is 2.00 bits per heavy atom. The smallest absolute Gasteiger partial charge is 0.154 e. The van der Waals surface area contributed by atoms with Crippen LogP contribution in [0.3, 0.4) is 0 Å². The van der Waals surface area contributed by atoms with Crippen LogP contribution in [-0.4, -0.2) is 14.6 Å². The van der Waals surface area contributed by atoms with Gasteiger partial charge in [0.1, 0.15) is 5.69 Å². The van der Waals surface area contributed by atoms with E-state index in [2.05, 4.69) is 42.5 Å². The average molecular weight is 361 g/mol. The lowest BCUT2D eigenvalue weighted by atomic mass is 10.5. The van der Waals surface area contributed by atoms with Gasteiger partial charge in [0.2, 0.25) is 0 Å². The van der Waals surface area contributed by atoms with Gasteiger partial charge in [-0.1, -0.05) is 27.7 Å². The molecule has 0 fully saturated rings. The summed E-state index contributed by atoms with van der Waals surface area (Å²) in [6, 6.07) is 3.75. The molecule has 0 bridgehead atoms. The fourth-order valence-corrected chi connectivity index (χ4v) is 1.46. The summed E-state index contributed by atoms with van der Waals surface area (Å²) in [6.45, 7) is 8.00. The van der Waals surface area contributed by atoms with E-state index < -0.39 is 0 Å². The van der Waals surface area contributed by atoms with Crippen molar-refractivity contribution < 1.29 is 0 Å². The minimum absolute atomic E-state index is 0.819. The molecule has 2 heterocycles. The molecule has 0 N–H and O–H groups in total. The highest BCUT2D eigenvalue weighted by molar-refractivity contribution is 14.2. The summed E-state index contributed by atoms with van der Waals surface area (Å²) in [6.07, 6.45) is 3.44. The Morgan fingerprint density at radius 1 is 1.29 bits per heavy atom. The lowest BCUT2D eigenvalue weighted by molar-refractivity contribution is 0.923. The van der Waals surface area contributed by atoms with Crippen LogP contribution in [0.1, 0.15) is 33.4 Å². The van der Waals surface area contributed by atoms with Gasteiger partial charge in [0.05, 0.1) is 6.20 Å². The molecular formula is C12H16IN3S. The number of fused-ring (bicyclic) bond motifs is 1. The van der Waals surface area contributed by atoms with Crippen molar-refractivity contribution in [3.8, 4) is 11.2 Å². The molecular weight excluding hydrogens is 345 g/mol. The monoisotopic (exact) mass is 361 g/mol. The molecule has 0 saturated carbocycles. The summed E-state index contributed by atoms with van der Waals surface area (Å²) in [5.41, 5.74) is 1.64. The number of rotatable bonds is 0. The van der Waals surface area contributed by atoms with Crippen molar-refractivity contribution in [2.24, 2.45) is 0 Å². The Kier molecular flexibility index (Phi) is 9.96. The first-order valence-corrected chi connectivity index (χ1v) is 8.85. The van der Waals surface area contributed by atoms with Gasteiger partial charge in [0, 0.05) is 27.4 Å². The maximum absolute atomic E-state index is 4.16. The summed E-state index contributed by atoms with van der Waals surface area (Å²) >= 11 is 2.13. The summed E-state index contributed by atoms with van der Waals surface area (Å²) in [5.74, 6) is 2.96. The molecule has 17 heavy (non-hydrogen) atoms. The topological polar surface area (TPSA) is 30.2 Å². The molecule has 0 aliphatic heterocycles. The van der Waals surface area contributed by atoms with Gasteiger partial charge in [-0.05, 0) is 32.2 Å². The number of hydrogen-bond donors (Lipinski definition) is 0. The van der Waals surface area contributed by atoms with Crippen LogP contribution in [0.2, 0.25) is 0 Å². The number of nitrogens with zero attached hydrogens (tertiary/aromatic N) is 3. The van der Waals surface area contributed by atoms with Gasteiger partial charge in [-0.3, -0.25) is 0 Å². The summed E-state index contributed by atoms with van der Waals surface area (Å²) in [5, 5.41) is 7.03. The number of imidazole rings is 1. The van der Waals surface area contributed by atoms with Gasteiger partial charge in [-0.25, -0.2) is 9.50 Å². The van der Waals surface area contributed by atoms with Gasteiger partial charge >= 0.3 is 0 Å². The van der Waals surface area contributed by atoms with Gasteiger partial charge in [0.15, 0.2) is 5.65 Å². The SMILES string of the molecule is CC.CC.ISC#Cc1cnc2cccnn12. The first kappa shape index (κ1) is 16.3. The van der Waals surface area contributed by atoms with Crippen LogP contribution in [0, 0.1) is 11.2 Å². The largest absolute Gasteiger partial charge is 0.234 e. The Labute approximate surface area is 119 Å². The first-order valence-electron chi connectivity index (χ1n) is 5.49. The standard InChI is InChI=1S/C8H4IN3S.2C2H6/c9-13-5-3-7-6-10-8-2-1-4-11-12(7)8;2*1-2/h1-2,4,6H;2*1-2H3. The van der Waals surface area contributed by atoms with Crippen molar-refractivity contribution in [3.63, 3.8) is 0 Å². The molecule has 0 aliphatic carbocycles. The van der Waals surface area contributed by atoms with Gasteiger partial charge in [0.25, 0.3) is 0 Å². The molecule has 5 heteroatoms. The predicted molar refractivity (Wildman–Crippen MR) is 84.2 cm³/mol. The Bertz CT molecular complexity index is 485. The molecule has 0 saturated heterocycles. The fourth-order valence-electron chi connectivity index (χ4n) is 0.986. The third-order valence-electron chi connectivity index (χ3n) is 1.50. The molecule has 92 valence electrons. The molecule has 0 atom stereocenters. The minimum Gasteiger partial charge on any atom is -0.234 e. The zero-order valence-corrected chi connectivity index (χ0v) is 13.4. The van der Waals surface area contributed by atoms with Crippen LogP contribution in [0.15, 0.2) is 24.5 Å². The first-order chi connectivity index (χ1) is 8.42. The lowest BCUT2D eigenvalue weighted by Gasteiger charge is -1.90. The predicted octanol–water partition coefficient (Wildman–Crippen LogP) is 4.17. The number of halogens is 1. The fraction of sp³-hybridized carbons (Fsp3) is 0.333. The van der Waals surface area contributed by atoms with E-state index in [1.807, 2.05) is 39.8 Å². The van der Waals surface area contributed by atoms with E-state index in [4.69, 9.17) is 0 Å². The van der Waals surface area contributed by atoms with Crippen molar-refractivity contribution in [3.05, 3.63) is 30.2 Å². The average Bonchev–Trinajstić information content (AvgIpc) is 2.84. The van der Waals surface area contributed by atoms with Crippen LogP contribution >= 0.6 is 30.1 Å². The van der Waals surface area contributed by atoms with Crippen molar-refractivity contribution in [1.82, 2.24) is 14.6 Å². The molecule has 0 aliphatic rings. The maximum atomic E-state index is 4.16. The highest BCUT2D eigenvalue weighted by Crippen LogP contribution is 2.08. The molecule has 2 aromatic heterocycles. The van der Waals surface area contributed by atoms with Crippen molar-refractivity contribution in [2.75, 3.05) is 0 Å². The normalized spacial score (nSPS) is 8.06. The third kappa shape index (κ3) is 4.96. The summed E-state index contributed by atoms with van der Waals surface area (Å²) in [4.78, 5) is 4.16. The highest BCUT2D eigenvalue weighted by Gasteiger charge is 1.98. The molecule has 0 radical (unpaired) electrons. The van der Waals surface area contributed by atoms with E-state index >= 15 is 0 Å². The van der Waals surface area contributed by atoms with E-state index in [9.17, 15) is 0 Å². The Morgan fingerprint density at radius 3 is 2.65 bits per heavy atom. The number of hydrogen-bond acceptors (Lipinski definition) is 3. The third-order valence-corrected chi connectivity index (χ3v) is 2.34. The van der Waals surface area contributed by atoms with Gasteiger partial charge in [-0.15, -0.1) is 0 Å². The Hall–Kier alpha value is -0.740. The van der Waals surface area contributed by atoms with Crippen LogP contribution < -0.4 is 0 Å². The van der Waals surface area contributed by atoms with Crippen molar-refractivity contribution in [2.45, 2.75) is 27.7 Å². The summed E-state index contributed by atoms with van der Waals surface area (Å²) < 4.78 is 1.72. The molecule has 0 unspecified atom stereocenters. The quantitative estimate of drug-likeness (QED) is 0.521. The van der Waals surface area contributed by atoms with Gasteiger partial charge in [-0.2, -0.15) is 5.10 Å². The molecule has 0 amide bonds. The summed E-state index contributed by atoms with van der Waals surface area (Å²) in [7, 11) is 1.45. The second-order valence-corrected chi connectivity index (χ2v) is 3.92. The highest BCUT2D eigenvalue weighted by atomic mass is 127. The minimum atomic E-state index is 0.819. The van der Waals surface area contributed by atoms with E-state index in [1.54, 1.807) is 16.9 Å². The van der Waals surface area contributed by atoms with Crippen molar-refractivity contribution >= 4 is 35.8 Å². The second-order valence-electron chi connectivity index (χ2n) is 2.24. The molecule has 2 aromatic rings. The number of aromatic nitrogens is 3. The Balaban J connectivity index is 0.000000581. The van der Waals surface area contributed by atoms with E-state index in [-0.39, 0.29) is 0 Å². The molecule has 0 spiro atoms. The molecule has 2 rings (SSSR count). The van der Waals surface area contributed by atoms with E-state index in [0.717, 1.165) is 11.3 Å². The second kappa shape index (κ2) is 10.4. The van der Waals surface area contributed by atoms with Crippen LogP contribution in [0.25, 0.3) is 5.65 Å². The van der Waals surface area contributed by atoms with Crippen LogP contribution in [0.4, 0.5) is 0 Å². The van der Waals surface area contributed by atoms with Crippen LogP contribution in [0.5, 0.6) is 0 Å². The van der Waals surface area contributed by atoms with Gasteiger partial charge < -0.3 is 0 Å². The molecule has 3 nitrogen and oxygen atoms in total. The zero-order valence-electron chi connectivity index (χ0n) is 10.4. The lowest BCUT2D eigenvalue weighted by Crippen LogP contribution is -1.91.